The number of carbonyl (C=O) groups excluding carboxylic acids is 1. The molecule has 1 aliphatic heterocycles. The molecule has 1 heterocycles. The first-order valence-corrected chi connectivity index (χ1v) is 11.1. The fraction of sp³-hybridized carbons (Fsp3) is 0.259. The van der Waals surface area contributed by atoms with Crippen molar-refractivity contribution in [3.05, 3.63) is 95.6 Å². The number of piperidine rings is 1. The first kappa shape index (κ1) is 22.4. The first-order chi connectivity index (χ1) is 16.1. The fourth-order valence-electron chi connectivity index (χ4n) is 3.82. The summed E-state index contributed by atoms with van der Waals surface area (Å²) < 4.78 is 11.9. The van der Waals surface area contributed by atoms with Gasteiger partial charge in [-0.05, 0) is 47.5 Å². The summed E-state index contributed by atoms with van der Waals surface area (Å²) in [6.45, 7) is 1.82. The minimum Gasteiger partial charge on any atom is -0.490 e. The minimum absolute atomic E-state index is 0.0523. The number of hydrogen-bond acceptors (Lipinski definition) is 4. The number of carboxylic acids is 1. The predicted octanol–water partition coefficient (Wildman–Crippen LogP) is 4.58. The van der Waals surface area contributed by atoms with Gasteiger partial charge in [-0.1, -0.05) is 42.5 Å². The van der Waals surface area contributed by atoms with E-state index >= 15 is 0 Å². The van der Waals surface area contributed by atoms with Gasteiger partial charge in [-0.2, -0.15) is 0 Å². The molecule has 0 unspecified atom stereocenters. The van der Waals surface area contributed by atoms with E-state index in [-0.39, 0.29) is 24.0 Å². The summed E-state index contributed by atoms with van der Waals surface area (Å²) in [4.78, 5) is 25.4. The monoisotopic (exact) mass is 445 g/mol. The highest BCUT2D eigenvalue weighted by Gasteiger charge is 2.24. The summed E-state index contributed by atoms with van der Waals surface area (Å²) in [6.07, 6.45) is 1.89. The van der Waals surface area contributed by atoms with Crippen molar-refractivity contribution in [2.45, 2.75) is 32.0 Å². The maximum absolute atomic E-state index is 12.6. The summed E-state index contributed by atoms with van der Waals surface area (Å²) in [5.74, 6) is 0.675. The molecule has 0 radical (unpaired) electrons. The third-order valence-corrected chi connectivity index (χ3v) is 5.73. The molecule has 3 aromatic carbocycles. The lowest BCUT2D eigenvalue weighted by Crippen LogP contribution is -2.42. The molecule has 4 rings (SSSR count). The first-order valence-electron chi connectivity index (χ1n) is 11.1. The highest BCUT2D eigenvalue weighted by Crippen LogP contribution is 2.23. The molecule has 3 aromatic rings. The number of amides is 1. The number of carbonyl (C=O) groups is 2. The summed E-state index contributed by atoms with van der Waals surface area (Å²) in [5.41, 5.74) is 2.16. The van der Waals surface area contributed by atoms with Gasteiger partial charge in [0.2, 0.25) is 5.91 Å². The molecule has 0 saturated carbocycles. The molecular weight excluding hydrogens is 418 g/mol. The number of aromatic carboxylic acids is 1. The van der Waals surface area contributed by atoms with Gasteiger partial charge < -0.3 is 19.5 Å². The smallest absolute Gasteiger partial charge is 0.335 e. The highest BCUT2D eigenvalue weighted by atomic mass is 16.5. The van der Waals surface area contributed by atoms with Crippen LogP contribution in [-0.4, -0.2) is 41.1 Å². The molecule has 1 aliphatic rings. The van der Waals surface area contributed by atoms with Gasteiger partial charge >= 0.3 is 5.97 Å². The van der Waals surface area contributed by atoms with Gasteiger partial charge in [-0.25, -0.2) is 4.79 Å². The average molecular weight is 446 g/mol. The Morgan fingerprint density at radius 2 is 1.45 bits per heavy atom. The quantitative estimate of drug-likeness (QED) is 0.549. The van der Waals surface area contributed by atoms with E-state index < -0.39 is 5.97 Å². The molecule has 1 N–H and O–H groups in total. The van der Waals surface area contributed by atoms with Gasteiger partial charge in [0.25, 0.3) is 0 Å². The van der Waals surface area contributed by atoms with E-state index in [1.54, 1.807) is 12.1 Å². The van der Waals surface area contributed by atoms with E-state index in [9.17, 15) is 9.59 Å². The van der Waals surface area contributed by atoms with Crippen LogP contribution >= 0.6 is 0 Å². The number of benzene rings is 3. The molecule has 1 amide bonds. The molecule has 0 bridgehead atoms. The van der Waals surface area contributed by atoms with Crippen molar-refractivity contribution in [2.24, 2.45) is 0 Å². The van der Waals surface area contributed by atoms with Gasteiger partial charge in [-0.3, -0.25) is 4.79 Å². The Hall–Kier alpha value is -3.80. The molecule has 6 heteroatoms. The Kier molecular flexibility index (Phi) is 7.25. The van der Waals surface area contributed by atoms with Crippen molar-refractivity contribution < 1.29 is 24.2 Å². The van der Waals surface area contributed by atoms with Crippen molar-refractivity contribution in [1.29, 1.82) is 0 Å². The van der Waals surface area contributed by atoms with Crippen LogP contribution in [0.5, 0.6) is 11.5 Å². The Labute approximate surface area is 193 Å². The zero-order valence-electron chi connectivity index (χ0n) is 18.4. The molecule has 0 aliphatic carbocycles. The largest absolute Gasteiger partial charge is 0.490 e. The number of carboxylic acid groups (broad SMARTS) is 1. The lowest BCUT2D eigenvalue weighted by Gasteiger charge is -2.32. The molecule has 0 spiro atoms. The molecule has 0 atom stereocenters. The molecule has 170 valence electrons. The summed E-state index contributed by atoms with van der Waals surface area (Å²) >= 11 is 0. The molecule has 33 heavy (non-hydrogen) atoms. The number of nitrogens with zero attached hydrogens (tertiary/aromatic N) is 1. The van der Waals surface area contributed by atoms with Gasteiger partial charge in [0.15, 0.2) is 0 Å². The second kappa shape index (κ2) is 10.7. The summed E-state index contributed by atoms with van der Waals surface area (Å²) in [6, 6.07) is 24.1. The van der Waals surface area contributed by atoms with Crippen LogP contribution in [0.4, 0.5) is 0 Å². The lowest BCUT2D eigenvalue weighted by molar-refractivity contribution is -0.132. The molecular formula is C27H27NO5. The Balaban J connectivity index is 1.21. The molecule has 6 nitrogen and oxygen atoms in total. The average Bonchev–Trinajstić information content (AvgIpc) is 2.85. The van der Waals surface area contributed by atoms with Crippen LogP contribution in [-0.2, 0) is 17.8 Å². The van der Waals surface area contributed by atoms with Gasteiger partial charge in [0, 0.05) is 25.9 Å². The third-order valence-electron chi connectivity index (χ3n) is 5.73. The predicted molar refractivity (Wildman–Crippen MR) is 125 cm³/mol. The van der Waals surface area contributed by atoms with Crippen LogP contribution in [0, 0.1) is 0 Å². The van der Waals surface area contributed by atoms with Crippen molar-refractivity contribution in [1.82, 2.24) is 4.90 Å². The Bertz CT molecular complexity index is 1060. The van der Waals surface area contributed by atoms with E-state index in [0.717, 1.165) is 35.5 Å². The number of hydrogen-bond donors (Lipinski definition) is 1. The lowest BCUT2D eigenvalue weighted by atomic mass is 10.0. The summed E-state index contributed by atoms with van der Waals surface area (Å²) in [5, 5.41) is 8.98. The van der Waals surface area contributed by atoms with Crippen LogP contribution in [0.1, 0.15) is 34.3 Å². The maximum atomic E-state index is 12.6. The van der Waals surface area contributed by atoms with E-state index in [2.05, 4.69) is 0 Å². The van der Waals surface area contributed by atoms with E-state index in [4.69, 9.17) is 14.6 Å². The van der Waals surface area contributed by atoms with Crippen LogP contribution in [0.3, 0.4) is 0 Å². The Morgan fingerprint density at radius 3 is 2.09 bits per heavy atom. The van der Waals surface area contributed by atoms with Crippen molar-refractivity contribution in [3.8, 4) is 11.5 Å². The third kappa shape index (κ3) is 6.35. The Morgan fingerprint density at radius 1 is 0.818 bits per heavy atom. The number of likely N-dealkylation sites (tertiary alicyclic amines) is 1. The van der Waals surface area contributed by atoms with Crippen LogP contribution in [0.15, 0.2) is 78.9 Å². The zero-order chi connectivity index (χ0) is 23.0. The molecule has 1 saturated heterocycles. The van der Waals surface area contributed by atoms with E-state index in [1.165, 1.54) is 12.1 Å². The molecule has 1 fully saturated rings. The van der Waals surface area contributed by atoms with E-state index in [1.807, 2.05) is 59.5 Å². The van der Waals surface area contributed by atoms with Crippen LogP contribution in [0.2, 0.25) is 0 Å². The van der Waals surface area contributed by atoms with Gasteiger partial charge in [-0.15, -0.1) is 0 Å². The summed E-state index contributed by atoms with van der Waals surface area (Å²) in [7, 11) is 0. The fourth-order valence-corrected chi connectivity index (χ4v) is 3.82. The topological polar surface area (TPSA) is 76.1 Å². The van der Waals surface area contributed by atoms with Crippen LogP contribution < -0.4 is 9.47 Å². The van der Waals surface area contributed by atoms with Gasteiger partial charge in [0.05, 0.1) is 12.0 Å². The van der Waals surface area contributed by atoms with Crippen molar-refractivity contribution in [3.63, 3.8) is 0 Å². The number of rotatable bonds is 8. The zero-order valence-corrected chi connectivity index (χ0v) is 18.4. The minimum atomic E-state index is -0.968. The number of ether oxygens (including phenoxy) is 2. The van der Waals surface area contributed by atoms with Crippen LogP contribution in [0.25, 0.3) is 0 Å². The second-order valence-corrected chi connectivity index (χ2v) is 8.12. The second-order valence-electron chi connectivity index (χ2n) is 8.12. The maximum Gasteiger partial charge on any atom is 0.335 e. The SMILES string of the molecule is O=C(O)c1ccc(CC(=O)N2CCC(Oc3ccc(OCc4ccccc4)cc3)CC2)cc1. The van der Waals surface area contributed by atoms with E-state index in [0.29, 0.717) is 19.7 Å². The van der Waals surface area contributed by atoms with Crippen molar-refractivity contribution in [2.75, 3.05) is 13.1 Å². The van der Waals surface area contributed by atoms with Crippen molar-refractivity contribution >= 4 is 11.9 Å². The van der Waals surface area contributed by atoms with Gasteiger partial charge in [0.1, 0.15) is 24.2 Å². The standard InChI is InChI=1S/C27H27NO5/c29-26(18-20-6-8-22(9-7-20)27(30)31)28-16-14-25(15-17-28)33-24-12-10-23(11-13-24)32-19-21-4-2-1-3-5-21/h1-13,25H,14-19H2,(H,30,31). The molecule has 0 aromatic heterocycles. The highest BCUT2D eigenvalue weighted by molar-refractivity contribution is 5.87. The normalized spacial score (nSPS) is 14.0.